The number of aryl methyl sites for hydroxylation is 1. The summed E-state index contributed by atoms with van der Waals surface area (Å²) in [6.45, 7) is 2.68. The van der Waals surface area contributed by atoms with E-state index in [2.05, 4.69) is 5.32 Å². The average Bonchev–Trinajstić information content (AvgIpc) is 2.80. The molecule has 0 aliphatic carbocycles. The maximum Gasteiger partial charge on any atom is 0.254 e. The molecule has 0 radical (unpaired) electrons. The predicted molar refractivity (Wildman–Crippen MR) is 119 cm³/mol. The lowest BCUT2D eigenvalue weighted by atomic mass is 9.83. The minimum absolute atomic E-state index is 0.0293. The normalized spacial score (nSPS) is 18.6. The third kappa shape index (κ3) is 4.28. The summed E-state index contributed by atoms with van der Waals surface area (Å²) in [5.41, 5.74) is 3.58. The van der Waals surface area contributed by atoms with Crippen molar-refractivity contribution in [3.8, 4) is 0 Å². The Morgan fingerprint density at radius 1 is 0.867 bits per heavy atom. The Bertz CT molecular complexity index is 1000. The first-order valence-corrected chi connectivity index (χ1v) is 10.4. The van der Waals surface area contributed by atoms with Crippen molar-refractivity contribution in [2.45, 2.75) is 25.8 Å². The molecule has 4 rings (SSSR count). The zero-order valence-electron chi connectivity index (χ0n) is 17.1. The number of nitrogens with zero attached hydrogens (tertiary/aromatic N) is 1. The lowest BCUT2D eigenvalue weighted by molar-refractivity contribution is -0.123. The predicted octanol–water partition coefficient (Wildman–Crippen LogP) is 5.23. The number of carbonyl (C=O) groups is 2. The van der Waals surface area contributed by atoms with E-state index >= 15 is 0 Å². The number of amides is 2. The maximum atomic E-state index is 13.4. The standard InChI is InChI=1S/C26H26N2O2/c1-19-14-16-20(17-15-19)24-23(25(29)27-22-11-6-3-7-12-22)13-8-18-28(24)26(30)21-9-4-2-5-10-21/h2-7,9-12,14-17,23-24H,8,13,18H2,1H3,(H,27,29). The molecule has 1 aliphatic heterocycles. The Hall–Kier alpha value is -3.40. The number of nitrogens with one attached hydrogen (secondary N) is 1. The fourth-order valence-electron chi connectivity index (χ4n) is 4.18. The van der Waals surface area contributed by atoms with Crippen LogP contribution < -0.4 is 5.32 Å². The fourth-order valence-corrected chi connectivity index (χ4v) is 4.18. The molecule has 0 spiro atoms. The molecule has 152 valence electrons. The van der Waals surface area contributed by atoms with Crippen LogP contribution in [0.25, 0.3) is 0 Å². The molecule has 0 bridgehead atoms. The van der Waals surface area contributed by atoms with Gasteiger partial charge in [-0.2, -0.15) is 0 Å². The number of piperidine rings is 1. The van der Waals surface area contributed by atoms with Crippen molar-refractivity contribution < 1.29 is 9.59 Å². The van der Waals surface area contributed by atoms with Crippen LogP contribution in [0.3, 0.4) is 0 Å². The molecule has 1 N–H and O–H groups in total. The lowest BCUT2D eigenvalue weighted by Gasteiger charge is -2.41. The second-order valence-electron chi connectivity index (χ2n) is 7.82. The Morgan fingerprint density at radius 2 is 1.50 bits per heavy atom. The SMILES string of the molecule is Cc1ccc(C2C(C(=O)Nc3ccccc3)CCCN2C(=O)c2ccccc2)cc1. The van der Waals surface area contributed by atoms with Gasteiger partial charge in [0.1, 0.15) is 0 Å². The first kappa shape index (κ1) is 19.9. The van der Waals surface area contributed by atoms with Crippen LogP contribution in [0.1, 0.15) is 40.4 Å². The van der Waals surface area contributed by atoms with Gasteiger partial charge in [0.05, 0.1) is 12.0 Å². The van der Waals surface area contributed by atoms with E-state index in [4.69, 9.17) is 0 Å². The molecule has 1 heterocycles. The third-order valence-electron chi connectivity index (χ3n) is 5.71. The number of benzene rings is 3. The van der Waals surface area contributed by atoms with Gasteiger partial charge in [-0.25, -0.2) is 0 Å². The minimum Gasteiger partial charge on any atom is -0.331 e. The molecular formula is C26H26N2O2. The summed E-state index contributed by atoms with van der Waals surface area (Å²) in [7, 11) is 0. The third-order valence-corrected chi connectivity index (χ3v) is 5.71. The number of para-hydroxylation sites is 1. The summed E-state index contributed by atoms with van der Waals surface area (Å²) in [4.78, 5) is 28.5. The molecule has 3 aromatic carbocycles. The van der Waals surface area contributed by atoms with Crippen LogP contribution >= 0.6 is 0 Å². The second kappa shape index (κ2) is 8.95. The summed E-state index contributed by atoms with van der Waals surface area (Å²) in [5, 5.41) is 3.05. The monoisotopic (exact) mass is 398 g/mol. The van der Waals surface area contributed by atoms with Gasteiger partial charge in [0, 0.05) is 17.8 Å². The van der Waals surface area contributed by atoms with E-state index in [9.17, 15) is 9.59 Å². The van der Waals surface area contributed by atoms with Gasteiger partial charge in [0.15, 0.2) is 0 Å². The Morgan fingerprint density at radius 3 is 2.17 bits per heavy atom. The molecule has 2 amide bonds. The highest BCUT2D eigenvalue weighted by Gasteiger charge is 2.39. The van der Waals surface area contributed by atoms with E-state index in [1.807, 2.05) is 96.8 Å². The van der Waals surface area contributed by atoms with E-state index < -0.39 is 0 Å². The fraction of sp³-hybridized carbons (Fsp3) is 0.231. The molecule has 2 atom stereocenters. The zero-order chi connectivity index (χ0) is 20.9. The number of rotatable bonds is 4. The number of carbonyl (C=O) groups excluding carboxylic acids is 2. The topological polar surface area (TPSA) is 49.4 Å². The first-order valence-electron chi connectivity index (χ1n) is 10.4. The maximum absolute atomic E-state index is 13.4. The lowest BCUT2D eigenvalue weighted by Crippen LogP contribution is -2.46. The number of likely N-dealkylation sites (tertiary alicyclic amines) is 1. The molecular weight excluding hydrogens is 372 g/mol. The molecule has 1 fully saturated rings. The summed E-state index contributed by atoms with van der Waals surface area (Å²) in [5.74, 6) is -0.384. The highest BCUT2D eigenvalue weighted by Crippen LogP contribution is 2.38. The number of hydrogen-bond acceptors (Lipinski definition) is 2. The van der Waals surface area contributed by atoms with Crippen molar-refractivity contribution in [3.05, 3.63) is 102 Å². The Kier molecular flexibility index (Phi) is 5.94. The van der Waals surface area contributed by atoms with E-state index in [1.165, 1.54) is 0 Å². The van der Waals surface area contributed by atoms with E-state index in [-0.39, 0.29) is 23.8 Å². The number of anilines is 1. The molecule has 0 saturated carbocycles. The van der Waals surface area contributed by atoms with Crippen molar-refractivity contribution in [2.75, 3.05) is 11.9 Å². The molecule has 30 heavy (non-hydrogen) atoms. The molecule has 1 aliphatic rings. The summed E-state index contributed by atoms with van der Waals surface area (Å²) in [6.07, 6.45) is 1.55. The molecule has 1 saturated heterocycles. The van der Waals surface area contributed by atoms with Gasteiger partial charge >= 0.3 is 0 Å². The van der Waals surface area contributed by atoms with Gasteiger partial charge in [-0.1, -0.05) is 66.2 Å². The van der Waals surface area contributed by atoms with Gasteiger partial charge < -0.3 is 10.2 Å². The molecule has 4 heteroatoms. The highest BCUT2D eigenvalue weighted by molar-refractivity contribution is 5.97. The number of hydrogen-bond donors (Lipinski definition) is 1. The largest absolute Gasteiger partial charge is 0.331 e. The van der Waals surface area contributed by atoms with Crippen LogP contribution in [0.15, 0.2) is 84.9 Å². The summed E-state index contributed by atoms with van der Waals surface area (Å²) in [6, 6.07) is 26.7. The van der Waals surface area contributed by atoms with Gasteiger partial charge in [-0.05, 0) is 49.6 Å². The smallest absolute Gasteiger partial charge is 0.254 e. The van der Waals surface area contributed by atoms with Crippen LogP contribution in [-0.2, 0) is 4.79 Å². The Labute approximate surface area is 177 Å². The highest BCUT2D eigenvalue weighted by atomic mass is 16.2. The van der Waals surface area contributed by atoms with Gasteiger partial charge in [-0.3, -0.25) is 9.59 Å². The summed E-state index contributed by atoms with van der Waals surface area (Å²) < 4.78 is 0. The van der Waals surface area contributed by atoms with E-state index in [0.717, 1.165) is 29.7 Å². The van der Waals surface area contributed by atoms with Gasteiger partial charge in [0.2, 0.25) is 5.91 Å². The molecule has 0 aromatic heterocycles. The van der Waals surface area contributed by atoms with Crippen molar-refractivity contribution in [1.29, 1.82) is 0 Å². The summed E-state index contributed by atoms with van der Waals surface area (Å²) >= 11 is 0. The van der Waals surface area contributed by atoms with Crippen LogP contribution in [0.2, 0.25) is 0 Å². The van der Waals surface area contributed by atoms with Crippen molar-refractivity contribution in [1.82, 2.24) is 4.90 Å². The van der Waals surface area contributed by atoms with Gasteiger partial charge in [0.25, 0.3) is 5.91 Å². The minimum atomic E-state index is -0.311. The second-order valence-corrected chi connectivity index (χ2v) is 7.82. The van der Waals surface area contributed by atoms with E-state index in [0.29, 0.717) is 12.1 Å². The molecule has 3 aromatic rings. The van der Waals surface area contributed by atoms with Crippen LogP contribution in [-0.4, -0.2) is 23.3 Å². The van der Waals surface area contributed by atoms with Crippen molar-refractivity contribution >= 4 is 17.5 Å². The van der Waals surface area contributed by atoms with Crippen LogP contribution in [0.4, 0.5) is 5.69 Å². The molecule has 4 nitrogen and oxygen atoms in total. The Balaban J connectivity index is 1.68. The van der Waals surface area contributed by atoms with Crippen molar-refractivity contribution in [2.24, 2.45) is 5.92 Å². The van der Waals surface area contributed by atoms with Gasteiger partial charge in [-0.15, -0.1) is 0 Å². The van der Waals surface area contributed by atoms with Crippen molar-refractivity contribution in [3.63, 3.8) is 0 Å². The van der Waals surface area contributed by atoms with E-state index in [1.54, 1.807) is 0 Å². The first-order chi connectivity index (χ1) is 14.6. The zero-order valence-corrected chi connectivity index (χ0v) is 17.1. The molecule has 2 unspecified atom stereocenters. The quantitative estimate of drug-likeness (QED) is 0.654. The average molecular weight is 399 g/mol. The van der Waals surface area contributed by atoms with Crippen LogP contribution in [0.5, 0.6) is 0 Å². The van der Waals surface area contributed by atoms with Crippen LogP contribution in [0, 0.1) is 12.8 Å².